The average Bonchev–Trinajstić information content (AvgIpc) is 2.60. The molecule has 0 radical (unpaired) electrons. The third-order valence-electron chi connectivity index (χ3n) is 3.38. The van der Waals surface area contributed by atoms with Crippen molar-refractivity contribution in [3.05, 3.63) is 63.2 Å². The van der Waals surface area contributed by atoms with Crippen molar-refractivity contribution >= 4 is 40.5 Å². The number of nitrogens with one attached hydrogen (secondary N) is 1. The molecule has 0 aromatic heterocycles. The lowest BCUT2D eigenvalue weighted by Gasteiger charge is -2.13. The number of halogens is 1. The Morgan fingerprint density at radius 3 is 2.42 bits per heavy atom. The molecule has 0 aliphatic heterocycles. The van der Waals surface area contributed by atoms with Crippen LogP contribution in [0, 0.1) is 10.1 Å². The summed E-state index contributed by atoms with van der Waals surface area (Å²) in [5.74, 6) is -1.39. The lowest BCUT2D eigenvalue weighted by molar-refractivity contribution is -0.384. The number of esters is 1. The standard InChI is InChI=1S/C17H16ClN3O5/c1-20(2)13-6-4-12(5-7-13)19-16(22)10-26-17(23)11-3-8-14(18)15(9-11)21(24)25/h3-9H,10H2,1-2H3,(H,19,22). The van der Waals surface area contributed by atoms with E-state index < -0.39 is 29.1 Å². The zero-order valence-corrected chi connectivity index (χ0v) is 14.8. The Bertz CT molecular complexity index is 837. The summed E-state index contributed by atoms with van der Waals surface area (Å²) in [5.41, 5.74) is 1.05. The van der Waals surface area contributed by atoms with Crippen molar-refractivity contribution in [2.75, 3.05) is 30.9 Å². The maximum absolute atomic E-state index is 11.9. The van der Waals surface area contributed by atoms with Gasteiger partial charge in [-0.15, -0.1) is 0 Å². The highest BCUT2D eigenvalue weighted by Crippen LogP contribution is 2.25. The second kappa shape index (κ2) is 8.30. The Labute approximate surface area is 154 Å². The molecular formula is C17H16ClN3O5. The smallest absolute Gasteiger partial charge is 0.338 e. The van der Waals surface area contributed by atoms with Crippen LogP contribution in [0.15, 0.2) is 42.5 Å². The number of rotatable bonds is 6. The van der Waals surface area contributed by atoms with Gasteiger partial charge in [-0.1, -0.05) is 11.6 Å². The molecule has 0 heterocycles. The topological polar surface area (TPSA) is 102 Å². The van der Waals surface area contributed by atoms with Crippen molar-refractivity contribution in [1.29, 1.82) is 0 Å². The van der Waals surface area contributed by atoms with Crippen LogP contribution in [0.4, 0.5) is 17.1 Å². The summed E-state index contributed by atoms with van der Waals surface area (Å²) in [6, 6.07) is 10.6. The number of carbonyl (C=O) groups is 2. The Morgan fingerprint density at radius 1 is 1.19 bits per heavy atom. The molecule has 0 fully saturated rings. The molecule has 0 unspecified atom stereocenters. The summed E-state index contributed by atoms with van der Waals surface area (Å²) in [5, 5.41) is 13.3. The van der Waals surface area contributed by atoms with Crippen molar-refractivity contribution in [2.24, 2.45) is 0 Å². The molecule has 1 N–H and O–H groups in total. The molecule has 8 nitrogen and oxygen atoms in total. The van der Waals surface area contributed by atoms with Gasteiger partial charge in [-0.05, 0) is 36.4 Å². The monoisotopic (exact) mass is 377 g/mol. The first-order chi connectivity index (χ1) is 12.3. The van der Waals surface area contributed by atoms with E-state index in [9.17, 15) is 19.7 Å². The van der Waals surface area contributed by atoms with E-state index in [1.165, 1.54) is 12.1 Å². The lowest BCUT2D eigenvalue weighted by Crippen LogP contribution is -2.21. The van der Waals surface area contributed by atoms with E-state index in [0.717, 1.165) is 11.8 Å². The van der Waals surface area contributed by atoms with E-state index in [4.69, 9.17) is 16.3 Å². The van der Waals surface area contributed by atoms with Gasteiger partial charge in [-0.25, -0.2) is 4.79 Å². The van der Waals surface area contributed by atoms with Crippen LogP contribution in [0.5, 0.6) is 0 Å². The van der Waals surface area contributed by atoms with E-state index >= 15 is 0 Å². The van der Waals surface area contributed by atoms with Gasteiger partial charge in [0, 0.05) is 31.5 Å². The van der Waals surface area contributed by atoms with Crippen LogP contribution in [0.25, 0.3) is 0 Å². The van der Waals surface area contributed by atoms with Gasteiger partial charge in [0.15, 0.2) is 6.61 Å². The van der Waals surface area contributed by atoms with Gasteiger partial charge >= 0.3 is 5.97 Å². The molecule has 0 saturated carbocycles. The maximum Gasteiger partial charge on any atom is 0.338 e. The first-order valence-corrected chi connectivity index (χ1v) is 7.84. The molecule has 26 heavy (non-hydrogen) atoms. The predicted octanol–water partition coefficient (Wildman–Crippen LogP) is 3.11. The van der Waals surface area contributed by atoms with Crippen molar-refractivity contribution in [1.82, 2.24) is 0 Å². The highest BCUT2D eigenvalue weighted by Gasteiger charge is 2.18. The molecule has 2 rings (SSSR count). The molecule has 0 bridgehead atoms. The second-order valence-electron chi connectivity index (χ2n) is 5.49. The highest BCUT2D eigenvalue weighted by molar-refractivity contribution is 6.32. The molecule has 0 spiro atoms. The number of carbonyl (C=O) groups excluding carboxylic acids is 2. The van der Waals surface area contributed by atoms with E-state index in [-0.39, 0.29) is 10.6 Å². The predicted molar refractivity (Wildman–Crippen MR) is 97.8 cm³/mol. The number of nitrogens with zero attached hydrogens (tertiary/aromatic N) is 2. The zero-order chi connectivity index (χ0) is 19.3. The quantitative estimate of drug-likeness (QED) is 0.471. The first kappa shape index (κ1) is 19.2. The number of ether oxygens (including phenoxy) is 1. The minimum absolute atomic E-state index is 0.0655. The molecule has 1 amide bonds. The molecule has 0 atom stereocenters. The lowest BCUT2D eigenvalue weighted by atomic mass is 10.2. The molecule has 2 aromatic carbocycles. The highest BCUT2D eigenvalue weighted by atomic mass is 35.5. The molecule has 2 aromatic rings. The van der Waals surface area contributed by atoms with Crippen LogP contribution in [0.1, 0.15) is 10.4 Å². The first-order valence-electron chi connectivity index (χ1n) is 7.46. The number of benzene rings is 2. The summed E-state index contributed by atoms with van der Waals surface area (Å²) in [7, 11) is 3.79. The fraction of sp³-hybridized carbons (Fsp3) is 0.176. The van der Waals surface area contributed by atoms with Crippen molar-refractivity contribution in [3.63, 3.8) is 0 Å². The summed E-state index contributed by atoms with van der Waals surface area (Å²) in [6.45, 7) is -0.523. The van der Waals surface area contributed by atoms with Crippen LogP contribution in [0.3, 0.4) is 0 Å². The normalized spacial score (nSPS) is 10.1. The third-order valence-corrected chi connectivity index (χ3v) is 3.70. The molecule has 0 aliphatic carbocycles. The minimum Gasteiger partial charge on any atom is -0.452 e. The Morgan fingerprint density at radius 2 is 1.85 bits per heavy atom. The van der Waals surface area contributed by atoms with Gasteiger partial charge in [0.2, 0.25) is 0 Å². The Balaban J connectivity index is 1.93. The van der Waals surface area contributed by atoms with Crippen LogP contribution >= 0.6 is 11.6 Å². The number of nitro benzene ring substituents is 1. The number of nitro groups is 1. The van der Waals surface area contributed by atoms with Gasteiger partial charge < -0.3 is 15.0 Å². The van der Waals surface area contributed by atoms with Gasteiger partial charge in [-0.2, -0.15) is 0 Å². The molecule has 0 saturated heterocycles. The van der Waals surface area contributed by atoms with Gasteiger partial charge in [-0.3, -0.25) is 14.9 Å². The number of hydrogen-bond donors (Lipinski definition) is 1. The van der Waals surface area contributed by atoms with E-state index in [1.54, 1.807) is 12.1 Å². The summed E-state index contributed by atoms with van der Waals surface area (Å²) >= 11 is 5.68. The molecule has 136 valence electrons. The third kappa shape index (κ3) is 4.93. The van der Waals surface area contributed by atoms with E-state index in [1.807, 2.05) is 31.1 Å². The van der Waals surface area contributed by atoms with E-state index in [2.05, 4.69) is 5.32 Å². The Hall–Kier alpha value is -3.13. The number of anilines is 2. The van der Waals surface area contributed by atoms with Gasteiger partial charge in [0.05, 0.1) is 10.5 Å². The Kier molecular flexibility index (Phi) is 6.13. The number of hydrogen-bond acceptors (Lipinski definition) is 6. The van der Waals surface area contributed by atoms with Crippen molar-refractivity contribution < 1.29 is 19.2 Å². The average molecular weight is 378 g/mol. The van der Waals surface area contributed by atoms with Crippen LogP contribution < -0.4 is 10.2 Å². The van der Waals surface area contributed by atoms with Crippen LogP contribution in [-0.4, -0.2) is 37.5 Å². The second-order valence-corrected chi connectivity index (χ2v) is 5.90. The van der Waals surface area contributed by atoms with Gasteiger partial charge in [0.1, 0.15) is 5.02 Å². The van der Waals surface area contributed by atoms with E-state index in [0.29, 0.717) is 5.69 Å². The molecule has 9 heteroatoms. The summed E-state index contributed by atoms with van der Waals surface area (Å²) in [4.78, 5) is 35.8. The zero-order valence-electron chi connectivity index (χ0n) is 14.1. The minimum atomic E-state index is -0.858. The van der Waals surface area contributed by atoms with Crippen molar-refractivity contribution in [2.45, 2.75) is 0 Å². The van der Waals surface area contributed by atoms with Crippen LogP contribution in [-0.2, 0) is 9.53 Å². The summed E-state index contributed by atoms with van der Waals surface area (Å²) < 4.78 is 4.87. The van der Waals surface area contributed by atoms with Crippen LogP contribution in [0.2, 0.25) is 5.02 Å². The fourth-order valence-corrected chi connectivity index (χ4v) is 2.22. The maximum atomic E-state index is 11.9. The number of amides is 1. The van der Waals surface area contributed by atoms with Crippen molar-refractivity contribution in [3.8, 4) is 0 Å². The SMILES string of the molecule is CN(C)c1ccc(NC(=O)COC(=O)c2ccc(Cl)c([N+](=O)[O-])c2)cc1. The largest absolute Gasteiger partial charge is 0.452 e. The molecular weight excluding hydrogens is 362 g/mol. The molecule has 0 aliphatic rings. The fourth-order valence-electron chi connectivity index (χ4n) is 2.03. The summed E-state index contributed by atoms with van der Waals surface area (Å²) in [6.07, 6.45) is 0. The van der Waals surface area contributed by atoms with Gasteiger partial charge in [0.25, 0.3) is 11.6 Å².